The van der Waals surface area contributed by atoms with Crippen molar-refractivity contribution in [3.05, 3.63) is 52.2 Å². The molecule has 2 aromatic rings. The molecule has 0 saturated heterocycles. The molecule has 2 rings (SSSR count). The van der Waals surface area contributed by atoms with Gasteiger partial charge in [-0.25, -0.2) is 4.79 Å². The van der Waals surface area contributed by atoms with Crippen LogP contribution in [0.4, 0.5) is 5.69 Å². The molecule has 6 nitrogen and oxygen atoms in total. The van der Waals surface area contributed by atoms with E-state index < -0.39 is 24.4 Å². The van der Waals surface area contributed by atoms with Crippen LogP contribution in [0.25, 0.3) is 0 Å². The van der Waals surface area contributed by atoms with Crippen molar-refractivity contribution in [2.24, 2.45) is 5.73 Å². The lowest BCUT2D eigenvalue weighted by Crippen LogP contribution is -2.23. The van der Waals surface area contributed by atoms with Gasteiger partial charge in [0.05, 0.1) is 11.3 Å². The molecule has 21 heavy (non-hydrogen) atoms. The van der Waals surface area contributed by atoms with E-state index in [9.17, 15) is 14.4 Å². The first-order valence-electron chi connectivity index (χ1n) is 5.97. The first-order chi connectivity index (χ1) is 10.1. The number of thiophene rings is 1. The summed E-state index contributed by atoms with van der Waals surface area (Å²) in [4.78, 5) is 34.9. The van der Waals surface area contributed by atoms with Crippen molar-refractivity contribution in [3.8, 4) is 0 Å². The number of hydrogen-bond acceptors (Lipinski definition) is 5. The highest BCUT2D eigenvalue weighted by Gasteiger charge is 2.13. The van der Waals surface area contributed by atoms with Crippen molar-refractivity contribution >= 4 is 34.8 Å². The third-order valence-electron chi connectivity index (χ3n) is 2.52. The number of nitrogens with two attached hydrogens (primary N) is 1. The smallest absolute Gasteiger partial charge is 0.348 e. The molecule has 0 aliphatic heterocycles. The largest absolute Gasteiger partial charge is 0.451 e. The zero-order chi connectivity index (χ0) is 15.2. The topological polar surface area (TPSA) is 98.5 Å². The summed E-state index contributed by atoms with van der Waals surface area (Å²) in [5.41, 5.74) is 5.67. The maximum absolute atomic E-state index is 11.7. The van der Waals surface area contributed by atoms with Gasteiger partial charge in [-0.2, -0.15) is 0 Å². The predicted octanol–water partition coefficient (Wildman–Crippen LogP) is 1.64. The van der Waals surface area contributed by atoms with Gasteiger partial charge in [0.15, 0.2) is 6.61 Å². The highest BCUT2D eigenvalue weighted by Crippen LogP contribution is 2.14. The Morgan fingerprint density at radius 2 is 1.90 bits per heavy atom. The maximum atomic E-state index is 11.7. The Hall–Kier alpha value is -2.67. The summed E-state index contributed by atoms with van der Waals surface area (Å²) in [6.07, 6.45) is 0. The zero-order valence-electron chi connectivity index (χ0n) is 10.9. The van der Waals surface area contributed by atoms with Crippen LogP contribution in [0.2, 0.25) is 0 Å². The van der Waals surface area contributed by atoms with Gasteiger partial charge in [-0.15, -0.1) is 11.3 Å². The number of amides is 2. The molecule has 0 atom stereocenters. The number of anilines is 1. The van der Waals surface area contributed by atoms with Crippen molar-refractivity contribution in [2.75, 3.05) is 11.9 Å². The highest BCUT2D eigenvalue weighted by atomic mass is 32.1. The number of benzene rings is 1. The number of ether oxygens (including phenoxy) is 1. The van der Waals surface area contributed by atoms with Crippen LogP contribution in [-0.4, -0.2) is 24.4 Å². The van der Waals surface area contributed by atoms with E-state index in [1.165, 1.54) is 17.4 Å². The van der Waals surface area contributed by atoms with Crippen molar-refractivity contribution in [1.29, 1.82) is 0 Å². The van der Waals surface area contributed by atoms with Gasteiger partial charge >= 0.3 is 5.97 Å². The van der Waals surface area contributed by atoms with E-state index in [4.69, 9.17) is 10.5 Å². The number of primary amides is 1. The van der Waals surface area contributed by atoms with Crippen LogP contribution in [0.5, 0.6) is 0 Å². The van der Waals surface area contributed by atoms with E-state index in [1.54, 1.807) is 35.7 Å². The number of carbonyl (C=O) groups excluding carboxylic acids is 3. The Labute approximate surface area is 124 Å². The van der Waals surface area contributed by atoms with E-state index in [1.807, 2.05) is 0 Å². The van der Waals surface area contributed by atoms with Gasteiger partial charge < -0.3 is 15.8 Å². The minimum Gasteiger partial charge on any atom is -0.451 e. The first-order valence-corrected chi connectivity index (χ1v) is 6.85. The molecule has 0 radical (unpaired) electrons. The fourth-order valence-corrected chi connectivity index (χ4v) is 2.21. The molecule has 2 amide bonds. The maximum Gasteiger partial charge on any atom is 0.348 e. The minimum atomic E-state index is -0.651. The molecule has 0 unspecified atom stereocenters. The number of esters is 1. The lowest BCUT2D eigenvalue weighted by atomic mass is 10.1. The van der Waals surface area contributed by atoms with Crippen LogP contribution in [0.15, 0.2) is 41.8 Å². The van der Waals surface area contributed by atoms with Crippen molar-refractivity contribution in [1.82, 2.24) is 0 Å². The van der Waals surface area contributed by atoms with E-state index in [2.05, 4.69) is 5.32 Å². The summed E-state index contributed by atoms with van der Waals surface area (Å²) >= 11 is 1.23. The first kappa shape index (κ1) is 14.7. The van der Waals surface area contributed by atoms with Gasteiger partial charge in [0.1, 0.15) is 4.88 Å². The normalized spacial score (nSPS) is 9.90. The van der Waals surface area contributed by atoms with E-state index in [-0.39, 0.29) is 11.3 Å². The molecular formula is C14H12N2O4S. The zero-order valence-corrected chi connectivity index (χ0v) is 11.7. The second kappa shape index (κ2) is 6.67. The van der Waals surface area contributed by atoms with Gasteiger partial charge in [0, 0.05) is 0 Å². The molecule has 0 aliphatic rings. The summed E-state index contributed by atoms with van der Waals surface area (Å²) < 4.78 is 4.86. The molecule has 0 aliphatic carbocycles. The van der Waals surface area contributed by atoms with E-state index >= 15 is 0 Å². The summed E-state index contributed by atoms with van der Waals surface area (Å²) in [5, 5.41) is 4.21. The molecule has 3 N–H and O–H groups in total. The Kier molecular flexibility index (Phi) is 4.68. The Morgan fingerprint density at radius 3 is 2.57 bits per heavy atom. The van der Waals surface area contributed by atoms with Gasteiger partial charge in [0.25, 0.3) is 11.8 Å². The van der Waals surface area contributed by atoms with Crippen molar-refractivity contribution in [3.63, 3.8) is 0 Å². The standard InChI is InChI=1S/C14H12N2O4S/c15-13(18)9-4-1-2-5-10(9)16-12(17)8-20-14(19)11-6-3-7-21-11/h1-7H,8H2,(H2,15,18)(H,16,17). The summed E-state index contributed by atoms with van der Waals surface area (Å²) in [7, 11) is 0. The monoisotopic (exact) mass is 304 g/mol. The average molecular weight is 304 g/mol. The molecule has 1 heterocycles. The van der Waals surface area contributed by atoms with Crippen LogP contribution < -0.4 is 11.1 Å². The summed E-state index contributed by atoms with van der Waals surface area (Å²) in [6.45, 7) is -0.441. The van der Waals surface area contributed by atoms with Gasteiger partial charge in [-0.3, -0.25) is 9.59 Å². The van der Waals surface area contributed by atoms with Crippen LogP contribution in [-0.2, 0) is 9.53 Å². The van der Waals surface area contributed by atoms with Crippen molar-refractivity contribution in [2.45, 2.75) is 0 Å². The molecule has 1 aromatic carbocycles. The van der Waals surface area contributed by atoms with Gasteiger partial charge in [-0.05, 0) is 23.6 Å². The summed E-state index contributed by atoms with van der Waals surface area (Å²) in [6, 6.07) is 9.64. The highest BCUT2D eigenvalue weighted by molar-refractivity contribution is 7.11. The number of hydrogen-bond donors (Lipinski definition) is 2. The second-order valence-electron chi connectivity index (χ2n) is 4.01. The lowest BCUT2D eigenvalue weighted by molar-refractivity contribution is -0.119. The molecule has 7 heteroatoms. The Morgan fingerprint density at radius 1 is 1.14 bits per heavy atom. The SMILES string of the molecule is NC(=O)c1ccccc1NC(=O)COC(=O)c1cccs1. The second-order valence-corrected chi connectivity index (χ2v) is 4.96. The quantitative estimate of drug-likeness (QED) is 0.820. The third kappa shape index (κ3) is 3.90. The molecular weight excluding hydrogens is 292 g/mol. The molecule has 0 saturated carbocycles. The number of para-hydroxylation sites is 1. The van der Waals surface area contributed by atoms with E-state index in [0.29, 0.717) is 4.88 Å². The number of carbonyl (C=O) groups is 3. The van der Waals surface area contributed by atoms with Crippen LogP contribution in [0, 0.1) is 0 Å². The number of nitrogens with one attached hydrogen (secondary N) is 1. The molecule has 0 bridgehead atoms. The van der Waals surface area contributed by atoms with Gasteiger partial charge in [-0.1, -0.05) is 18.2 Å². The van der Waals surface area contributed by atoms with Gasteiger partial charge in [0.2, 0.25) is 0 Å². The Balaban J connectivity index is 1.93. The fourth-order valence-electron chi connectivity index (χ4n) is 1.59. The lowest BCUT2D eigenvalue weighted by Gasteiger charge is -2.08. The fraction of sp³-hybridized carbons (Fsp3) is 0.0714. The van der Waals surface area contributed by atoms with E-state index in [0.717, 1.165) is 0 Å². The van der Waals surface area contributed by atoms with Crippen LogP contribution >= 0.6 is 11.3 Å². The minimum absolute atomic E-state index is 0.190. The van der Waals surface area contributed by atoms with Crippen LogP contribution in [0.1, 0.15) is 20.0 Å². The number of rotatable bonds is 5. The molecule has 0 fully saturated rings. The molecule has 0 spiro atoms. The average Bonchev–Trinajstić information content (AvgIpc) is 2.99. The molecule has 108 valence electrons. The van der Waals surface area contributed by atoms with Crippen molar-refractivity contribution < 1.29 is 19.1 Å². The molecule has 1 aromatic heterocycles. The predicted molar refractivity (Wildman–Crippen MR) is 78.2 cm³/mol. The summed E-state index contributed by atoms with van der Waals surface area (Å²) in [5.74, 6) is -1.77. The van der Waals surface area contributed by atoms with Crippen LogP contribution in [0.3, 0.4) is 0 Å². The Bertz CT molecular complexity index is 667. The third-order valence-corrected chi connectivity index (χ3v) is 3.37.